The van der Waals surface area contributed by atoms with Crippen LogP contribution in [0.3, 0.4) is 0 Å². The average Bonchev–Trinajstić information content (AvgIpc) is 2.99. The third kappa shape index (κ3) is 2.69. The van der Waals surface area contributed by atoms with Gasteiger partial charge in [0.25, 0.3) is 0 Å². The zero-order chi connectivity index (χ0) is 15.4. The maximum Gasteiger partial charge on any atom is 0.218 e. The van der Waals surface area contributed by atoms with Crippen molar-refractivity contribution in [3.05, 3.63) is 54.4 Å². The van der Waals surface area contributed by atoms with Crippen LogP contribution in [-0.2, 0) is 0 Å². The second-order valence-electron chi connectivity index (χ2n) is 4.79. The molecule has 3 rings (SSSR count). The Labute approximate surface area is 128 Å². The molecule has 0 saturated carbocycles. The van der Waals surface area contributed by atoms with E-state index in [1.54, 1.807) is 16.8 Å². The Kier molecular flexibility index (Phi) is 3.88. The molecule has 1 aromatic carbocycles. The van der Waals surface area contributed by atoms with Crippen molar-refractivity contribution in [2.24, 2.45) is 0 Å². The fourth-order valence-electron chi connectivity index (χ4n) is 2.16. The molecule has 22 heavy (non-hydrogen) atoms. The maximum absolute atomic E-state index is 9.00. The molecule has 0 aliphatic heterocycles. The fraction of sp³-hybridized carbons (Fsp3) is 0.188. The molecule has 6 nitrogen and oxygen atoms in total. The number of hydrogen-bond acceptors (Lipinski definition) is 5. The summed E-state index contributed by atoms with van der Waals surface area (Å²) in [5.41, 5.74) is 2.08. The first-order valence-corrected chi connectivity index (χ1v) is 6.91. The average molecular weight is 293 g/mol. The van der Waals surface area contributed by atoms with Gasteiger partial charge in [-0.1, -0.05) is 18.2 Å². The van der Waals surface area contributed by atoms with Gasteiger partial charge in [-0.05, 0) is 12.1 Å². The number of rotatable bonds is 5. The molecule has 0 radical (unpaired) electrons. The van der Waals surface area contributed by atoms with Crippen molar-refractivity contribution in [3.63, 3.8) is 0 Å². The number of fused-ring (bicyclic) bond motifs is 1. The number of aromatic nitrogens is 3. The van der Waals surface area contributed by atoms with E-state index in [1.165, 1.54) is 6.20 Å². The second kappa shape index (κ2) is 6.14. The van der Waals surface area contributed by atoms with Crippen LogP contribution in [0.2, 0.25) is 0 Å². The molecule has 0 N–H and O–H groups in total. The van der Waals surface area contributed by atoms with E-state index in [9.17, 15) is 0 Å². The van der Waals surface area contributed by atoms with E-state index in [2.05, 4.69) is 33.2 Å². The smallest absolute Gasteiger partial charge is 0.218 e. The number of nitrogens with zero attached hydrogens (tertiary/aromatic N) is 5. The van der Waals surface area contributed by atoms with Crippen molar-refractivity contribution in [1.29, 1.82) is 5.26 Å². The zero-order valence-corrected chi connectivity index (χ0v) is 12.2. The van der Waals surface area contributed by atoms with Gasteiger partial charge in [-0.2, -0.15) is 14.9 Å². The predicted molar refractivity (Wildman–Crippen MR) is 82.9 cm³/mol. The van der Waals surface area contributed by atoms with Gasteiger partial charge < -0.3 is 9.64 Å². The summed E-state index contributed by atoms with van der Waals surface area (Å²) in [6.45, 7) is 1.24. The highest BCUT2D eigenvalue weighted by molar-refractivity contribution is 5.54. The molecule has 0 saturated heterocycles. The Bertz CT molecular complexity index is 806. The number of likely N-dealkylation sites (N-methyl/N-ethyl adjacent to an activating group) is 1. The molecule has 2 aromatic heterocycles. The molecule has 0 amide bonds. The maximum atomic E-state index is 9.00. The van der Waals surface area contributed by atoms with E-state index >= 15 is 0 Å². The van der Waals surface area contributed by atoms with Crippen LogP contribution >= 0.6 is 0 Å². The molecule has 3 aromatic rings. The van der Waals surface area contributed by atoms with Gasteiger partial charge >= 0.3 is 0 Å². The van der Waals surface area contributed by atoms with Crippen LogP contribution in [0.15, 0.2) is 48.8 Å². The Morgan fingerprint density at radius 1 is 1.27 bits per heavy atom. The number of ether oxygens (including phenoxy) is 1. The normalized spacial score (nSPS) is 10.4. The van der Waals surface area contributed by atoms with Gasteiger partial charge in [0.05, 0.1) is 12.7 Å². The number of hydrogen-bond donors (Lipinski definition) is 0. The molecule has 0 fully saturated rings. The number of benzene rings is 1. The minimum atomic E-state index is 0.437. The first-order valence-electron chi connectivity index (χ1n) is 6.91. The Balaban J connectivity index is 1.67. The van der Waals surface area contributed by atoms with Gasteiger partial charge in [0, 0.05) is 25.0 Å². The van der Waals surface area contributed by atoms with Crippen molar-refractivity contribution in [2.45, 2.75) is 0 Å². The SMILES string of the molecule is CN(CCOc1ccnc2c(C#N)cnn12)c1ccccc1. The summed E-state index contributed by atoms with van der Waals surface area (Å²) in [6.07, 6.45) is 3.11. The van der Waals surface area contributed by atoms with Gasteiger partial charge in [-0.15, -0.1) is 0 Å². The summed E-state index contributed by atoms with van der Waals surface area (Å²) < 4.78 is 7.32. The first-order chi connectivity index (χ1) is 10.8. The lowest BCUT2D eigenvalue weighted by molar-refractivity contribution is 0.305. The van der Waals surface area contributed by atoms with Crippen LogP contribution in [-0.4, -0.2) is 34.8 Å². The van der Waals surface area contributed by atoms with Crippen molar-refractivity contribution < 1.29 is 4.74 Å². The molecular weight excluding hydrogens is 278 g/mol. The van der Waals surface area contributed by atoms with Crippen LogP contribution in [0.1, 0.15) is 5.56 Å². The van der Waals surface area contributed by atoms with Gasteiger partial charge in [0.2, 0.25) is 5.88 Å². The van der Waals surface area contributed by atoms with E-state index in [1.807, 2.05) is 25.2 Å². The molecule has 0 aliphatic carbocycles. The van der Waals surface area contributed by atoms with Gasteiger partial charge in [-0.25, -0.2) is 4.98 Å². The number of anilines is 1. The third-order valence-corrected chi connectivity index (χ3v) is 3.36. The van der Waals surface area contributed by atoms with E-state index in [0.717, 1.165) is 12.2 Å². The van der Waals surface area contributed by atoms with Gasteiger partial charge in [0.1, 0.15) is 18.2 Å². The second-order valence-corrected chi connectivity index (χ2v) is 4.79. The topological polar surface area (TPSA) is 66.5 Å². The van der Waals surface area contributed by atoms with Crippen LogP contribution in [0, 0.1) is 11.3 Å². The largest absolute Gasteiger partial charge is 0.476 e. The molecule has 6 heteroatoms. The first kappa shape index (κ1) is 13.9. The third-order valence-electron chi connectivity index (χ3n) is 3.36. The van der Waals surface area contributed by atoms with Crippen LogP contribution in [0.5, 0.6) is 5.88 Å². The molecule has 0 unspecified atom stereocenters. The molecule has 110 valence electrons. The van der Waals surface area contributed by atoms with Crippen molar-refractivity contribution in [1.82, 2.24) is 14.6 Å². The van der Waals surface area contributed by atoms with Crippen LogP contribution in [0.4, 0.5) is 5.69 Å². The Morgan fingerprint density at radius 3 is 2.86 bits per heavy atom. The fourth-order valence-corrected chi connectivity index (χ4v) is 2.16. The van der Waals surface area contributed by atoms with Gasteiger partial charge in [0.15, 0.2) is 5.65 Å². The molecule has 0 atom stereocenters. The van der Waals surface area contributed by atoms with Crippen molar-refractivity contribution in [2.75, 3.05) is 25.1 Å². The lowest BCUT2D eigenvalue weighted by atomic mass is 10.3. The van der Waals surface area contributed by atoms with E-state index in [4.69, 9.17) is 10.00 Å². The highest BCUT2D eigenvalue weighted by Gasteiger charge is 2.09. The molecule has 0 bridgehead atoms. The monoisotopic (exact) mass is 293 g/mol. The van der Waals surface area contributed by atoms with Crippen molar-refractivity contribution in [3.8, 4) is 11.9 Å². The summed E-state index contributed by atoms with van der Waals surface area (Å²) in [5.74, 6) is 0.577. The van der Waals surface area contributed by atoms with E-state index in [0.29, 0.717) is 23.7 Å². The standard InChI is InChI=1S/C16H15N5O/c1-20(14-5-3-2-4-6-14)9-10-22-15-7-8-18-16-13(11-17)12-19-21(15)16/h2-8,12H,9-10H2,1H3. The van der Waals surface area contributed by atoms with Crippen molar-refractivity contribution >= 4 is 11.3 Å². The highest BCUT2D eigenvalue weighted by Crippen LogP contribution is 2.15. The summed E-state index contributed by atoms with van der Waals surface area (Å²) in [7, 11) is 2.02. The van der Waals surface area contributed by atoms with E-state index < -0.39 is 0 Å². The summed E-state index contributed by atoms with van der Waals surface area (Å²) >= 11 is 0. The van der Waals surface area contributed by atoms with E-state index in [-0.39, 0.29) is 0 Å². The van der Waals surface area contributed by atoms with Gasteiger partial charge in [-0.3, -0.25) is 0 Å². The molecule has 0 spiro atoms. The lowest BCUT2D eigenvalue weighted by Crippen LogP contribution is -2.24. The molecular formula is C16H15N5O. The number of nitriles is 1. The zero-order valence-electron chi connectivity index (χ0n) is 12.2. The van der Waals surface area contributed by atoms with Crippen LogP contribution < -0.4 is 9.64 Å². The van der Waals surface area contributed by atoms with Crippen LogP contribution in [0.25, 0.3) is 5.65 Å². The summed E-state index contributed by atoms with van der Waals surface area (Å²) in [5, 5.41) is 13.1. The Morgan fingerprint density at radius 2 is 2.09 bits per heavy atom. The lowest BCUT2D eigenvalue weighted by Gasteiger charge is -2.19. The minimum absolute atomic E-state index is 0.437. The molecule has 2 heterocycles. The number of para-hydroxylation sites is 1. The minimum Gasteiger partial charge on any atom is -0.476 e. The quantitative estimate of drug-likeness (QED) is 0.721. The summed E-state index contributed by atoms with van der Waals surface area (Å²) in [6, 6.07) is 13.9. The predicted octanol–water partition coefficient (Wildman–Crippen LogP) is 2.12. The molecule has 0 aliphatic rings. The summed E-state index contributed by atoms with van der Waals surface area (Å²) in [4.78, 5) is 6.26. The Hall–Kier alpha value is -3.07. The highest BCUT2D eigenvalue weighted by atomic mass is 16.5.